The molecule has 0 aromatic heterocycles. The first-order valence-electron chi connectivity index (χ1n) is 7.63. The smallest absolute Gasteiger partial charge is 0.339 e. The third-order valence-corrected chi connectivity index (χ3v) is 4.64. The molecular formula is C17H18N2O7S. The van der Waals surface area contributed by atoms with E-state index in [1.54, 1.807) is 24.3 Å². The summed E-state index contributed by atoms with van der Waals surface area (Å²) in [6, 6.07) is 12.1. The topological polar surface area (TPSA) is 120 Å². The van der Waals surface area contributed by atoms with Crippen LogP contribution in [0.5, 0.6) is 11.5 Å². The van der Waals surface area contributed by atoms with E-state index < -0.39 is 28.5 Å². The van der Waals surface area contributed by atoms with Crippen LogP contribution in [0.15, 0.2) is 53.4 Å². The number of hydrogen-bond acceptors (Lipinski definition) is 7. The Bertz CT molecular complexity index is 928. The molecule has 2 rings (SSSR count). The minimum Gasteiger partial charge on any atom is -0.493 e. The maximum absolute atomic E-state index is 12.4. The first-order valence-corrected chi connectivity index (χ1v) is 9.11. The quantitative estimate of drug-likeness (QED) is 0.503. The lowest BCUT2D eigenvalue weighted by atomic mass is 10.2. The van der Waals surface area contributed by atoms with Crippen LogP contribution in [0.1, 0.15) is 10.4 Å². The van der Waals surface area contributed by atoms with Gasteiger partial charge >= 0.3 is 5.97 Å². The summed E-state index contributed by atoms with van der Waals surface area (Å²) >= 11 is 0. The number of methoxy groups -OCH3 is 2. The zero-order valence-electron chi connectivity index (χ0n) is 14.6. The molecule has 9 nitrogen and oxygen atoms in total. The molecule has 144 valence electrons. The van der Waals surface area contributed by atoms with Crippen molar-refractivity contribution in [2.45, 2.75) is 4.90 Å². The van der Waals surface area contributed by atoms with Crippen LogP contribution in [0.25, 0.3) is 0 Å². The molecule has 0 fully saturated rings. The van der Waals surface area contributed by atoms with Crippen LogP contribution in [0.4, 0.5) is 0 Å². The van der Waals surface area contributed by atoms with E-state index in [0.29, 0.717) is 11.5 Å². The Hall–Kier alpha value is -3.11. The number of ether oxygens (including phenoxy) is 3. The third-order valence-electron chi connectivity index (χ3n) is 3.33. The lowest BCUT2D eigenvalue weighted by molar-refractivity contribution is -0.123. The summed E-state index contributed by atoms with van der Waals surface area (Å²) in [5.41, 5.74) is 1.86. The molecule has 0 bridgehead atoms. The van der Waals surface area contributed by atoms with E-state index in [1.165, 1.54) is 31.4 Å². The Kier molecular flexibility index (Phi) is 6.74. The molecule has 0 radical (unpaired) electrons. The van der Waals surface area contributed by atoms with Crippen molar-refractivity contribution in [1.82, 2.24) is 10.3 Å². The molecule has 0 saturated heterocycles. The van der Waals surface area contributed by atoms with Crippen molar-refractivity contribution in [2.24, 2.45) is 0 Å². The molecule has 2 aromatic rings. The van der Waals surface area contributed by atoms with Crippen molar-refractivity contribution < 1.29 is 32.2 Å². The molecule has 1 amide bonds. The number of rotatable bonds is 8. The molecule has 10 heteroatoms. The fraction of sp³-hybridized carbons (Fsp3) is 0.176. The summed E-state index contributed by atoms with van der Waals surface area (Å²) in [5, 5.41) is 0. The number of carbonyl (C=O) groups is 2. The zero-order chi connectivity index (χ0) is 19.9. The maximum atomic E-state index is 12.4. The predicted octanol–water partition coefficient (Wildman–Crippen LogP) is 0.870. The van der Waals surface area contributed by atoms with E-state index in [9.17, 15) is 18.0 Å². The van der Waals surface area contributed by atoms with Gasteiger partial charge in [-0.1, -0.05) is 24.3 Å². The summed E-state index contributed by atoms with van der Waals surface area (Å²) in [4.78, 5) is 25.2. The number of hydrogen-bond donors (Lipinski definition) is 2. The number of nitrogens with one attached hydrogen (secondary N) is 2. The molecule has 0 heterocycles. The lowest BCUT2D eigenvalue weighted by Crippen LogP contribution is -2.44. The van der Waals surface area contributed by atoms with Crippen LogP contribution in [0.2, 0.25) is 0 Å². The Labute approximate surface area is 156 Å². The molecule has 0 aliphatic carbocycles. The van der Waals surface area contributed by atoms with Gasteiger partial charge in [-0.05, 0) is 24.3 Å². The van der Waals surface area contributed by atoms with Crippen LogP contribution >= 0.6 is 0 Å². The molecular weight excluding hydrogens is 376 g/mol. The van der Waals surface area contributed by atoms with Crippen LogP contribution in [0, 0.1) is 0 Å². The number of esters is 1. The maximum Gasteiger partial charge on any atom is 0.339 e. The van der Waals surface area contributed by atoms with E-state index in [2.05, 4.69) is 4.74 Å². The van der Waals surface area contributed by atoms with Crippen LogP contribution in [-0.2, 0) is 19.6 Å². The Morgan fingerprint density at radius 2 is 1.59 bits per heavy atom. The van der Waals surface area contributed by atoms with Crippen molar-refractivity contribution in [3.8, 4) is 11.5 Å². The number of carbonyl (C=O) groups excluding carboxylic acids is 2. The van der Waals surface area contributed by atoms with Gasteiger partial charge in [-0.25, -0.2) is 13.2 Å². The average molecular weight is 394 g/mol. The van der Waals surface area contributed by atoms with Crippen LogP contribution in [0.3, 0.4) is 0 Å². The molecule has 0 spiro atoms. The summed E-state index contributed by atoms with van der Waals surface area (Å²) < 4.78 is 39.7. The average Bonchev–Trinajstić information content (AvgIpc) is 2.70. The number of hydrazine groups is 1. The zero-order valence-corrected chi connectivity index (χ0v) is 15.4. The second kappa shape index (κ2) is 9.01. The van der Waals surface area contributed by atoms with Gasteiger partial charge in [-0.15, -0.1) is 4.83 Å². The van der Waals surface area contributed by atoms with Gasteiger partial charge in [0.2, 0.25) is 0 Å². The third kappa shape index (κ3) is 5.19. The highest BCUT2D eigenvalue weighted by atomic mass is 32.2. The molecule has 0 aliphatic heterocycles. The SMILES string of the molecule is COC(=O)c1ccccc1S(=O)(=O)NNC(=O)COc1ccccc1OC. The highest BCUT2D eigenvalue weighted by Crippen LogP contribution is 2.25. The summed E-state index contributed by atoms with van der Waals surface area (Å²) in [5.74, 6) is -0.811. The molecule has 0 unspecified atom stereocenters. The predicted molar refractivity (Wildman–Crippen MR) is 94.7 cm³/mol. The largest absolute Gasteiger partial charge is 0.493 e. The van der Waals surface area contributed by atoms with E-state index in [0.717, 1.165) is 7.11 Å². The van der Waals surface area contributed by atoms with Gasteiger partial charge in [0.05, 0.1) is 24.7 Å². The lowest BCUT2D eigenvalue weighted by Gasteiger charge is -2.12. The number of benzene rings is 2. The van der Waals surface area contributed by atoms with E-state index in [-0.39, 0.29) is 10.5 Å². The van der Waals surface area contributed by atoms with Gasteiger partial charge in [-0.3, -0.25) is 10.2 Å². The van der Waals surface area contributed by atoms with Gasteiger partial charge < -0.3 is 14.2 Å². The first-order chi connectivity index (χ1) is 12.9. The standard InChI is InChI=1S/C17H18N2O7S/c1-24-13-8-4-5-9-14(13)26-11-16(20)18-19-27(22,23)15-10-6-3-7-12(15)17(21)25-2/h3-10,19H,11H2,1-2H3,(H,18,20). The molecule has 2 N–H and O–H groups in total. The molecule has 0 aliphatic rings. The van der Waals surface area contributed by atoms with E-state index in [4.69, 9.17) is 9.47 Å². The second-order valence-electron chi connectivity index (χ2n) is 5.08. The first kappa shape index (κ1) is 20.2. The van der Waals surface area contributed by atoms with Crippen molar-refractivity contribution in [3.05, 3.63) is 54.1 Å². The van der Waals surface area contributed by atoms with Crippen molar-refractivity contribution >= 4 is 21.9 Å². The molecule has 0 atom stereocenters. The summed E-state index contributed by atoms with van der Waals surface area (Å²) in [6.07, 6.45) is 0. The highest BCUT2D eigenvalue weighted by molar-refractivity contribution is 7.89. The fourth-order valence-corrected chi connectivity index (χ4v) is 3.13. The minimum atomic E-state index is -4.20. The monoisotopic (exact) mass is 394 g/mol. The normalized spacial score (nSPS) is 10.7. The van der Waals surface area contributed by atoms with Gasteiger partial charge in [0.15, 0.2) is 18.1 Å². The molecule has 27 heavy (non-hydrogen) atoms. The van der Waals surface area contributed by atoms with Crippen molar-refractivity contribution in [1.29, 1.82) is 0 Å². The fourth-order valence-electron chi connectivity index (χ4n) is 2.08. The van der Waals surface area contributed by atoms with E-state index >= 15 is 0 Å². The Morgan fingerprint density at radius 1 is 0.963 bits per heavy atom. The summed E-state index contributed by atoms with van der Waals surface area (Å²) in [7, 11) is -1.61. The van der Waals surface area contributed by atoms with Gasteiger partial charge in [-0.2, -0.15) is 0 Å². The van der Waals surface area contributed by atoms with Crippen LogP contribution < -0.4 is 19.7 Å². The van der Waals surface area contributed by atoms with Gasteiger partial charge in [0.1, 0.15) is 0 Å². The van der Waals surface area contributed by atoms with Crippen molar-refractivity contribution in [3.63, 3.8) is 0 Å². The highest BCUT2D eigenvalue weighted by Gasteiger charge is 2.23. The van der Waals surface area contributed by atoms with Gasteiger partial charge in [0.25, 0.3) is 15.9 Å². The second-order valence-corrected chi connectivity index (χ2v) is 6.73. The number of para-hydroxylation sites is 2. The number of amides is 1. The Morgan fingerprint density at radius 3 is 2.26 bits per heavy atom. The Balaban J connectivity index is 2.01. The number of sulfonamides is 1. The van der Waals surface area contributed by atoms with Gasteiger partial charge in [0, 0.05) is 0 Å². The van der Waals surface area contributed by atoms with E-state index in [1.807, 2.05) is 10.3 Å². The summed E-state index contributed by atoms with van der Waals surface area (Å²) in [6.45, 7) is -0.457. The molecule has 2 aromatic carbocycles. The minimum absolute atomic E-state index is 0.160. The molecule has 0 saturated carbocycles. The van der Waals surface area contributed by atoms with Crippen molar-refractivity contribution in [2.75, 3.05) is 20.8 Å². The van der Waals surface area contributed by atoms with Crippen LogP contribution in [-0.4, -0.2) is 41.1 Å².